The van der Waals surface area contributed by atoms with E-state index in [1.54, 1.807) is 54.7 Å². The van der Waals surface area contributed by atoms with Gasteiger partial charge in [-0.25, -0.2) is 4.79 Å². The smallest absolute Gasteiger partial charge is 0.339 e. The van der Waals surface area contributed by atoms with Crippen LogP contribution in [0.4, 0.5) is 11.4 Å². The number of fused-ring (bicyclic) bond motifs is 1. The zero-order valence-corrected chi connectivity index (χ0v) is 18.5. The first-order valence-corrected chi connectivity index (χ1v) is 10.5. The predicted octanol–water partition coefficient (Wildman–Crippen LogP) is 3.31. The Labute approximate surface area is 195 Å². The van der Waals surface area contributed by atoms with Crippen molar-refractivity contribution >= 4 is 40.8 Å². The number of methoxy groups -OCH3 is 1. The highest BCUT2D eigenvalue weighted by atomic mass is 35.5. The Morgan fingerprint density at radius 3 is 2.70 bits per heavy atom. The van der Waals surface area contributed by atoms with Gasteiger partial charge in [0.1, 0.15) is 6.04 Å². The monoisotopic (exact) mass is 464 g/mol. The summed E-state index contributed by atoms with van der Waals surface area (Å²) >= 11 is 6.09. The van der Waals surface area contributed by atoms with Crippen LogP contribution in [0, 0.1) is 0 Å². The fourth-order valence-corrected chi connectivity index (χ4v) is 3.94. The van der Waals surface area contributed by atoms with Gasteiger partial charge in [0.15, 0.2) is 0 Å². The van der Waals surface area contributed by atoms with E-state index in [0.717, 1.165) is 0 Å². The molecule has 0 saturated carbocycles. The molecule has 0 aliphatic carbocycles. The zero-order chi connectivity index (χ0) is 23.5. The summed E-state index contributed by atoms with van der Waals surface area (Å²) in [5.74, 6) is -1.24. The van der Waals surface area contributed by atoms with E-state index >= 15 is 0 Å². The molecule has 0 fully saturated rings. The molecule has 1 aromatic heterocycles. The van der Waals surface area contributed by atoms with Gasteiger partial charge in [-0.2, -0.15) is 0 Å². The van der Waals surface area contributed by atoms with Gasteiger partial charge in [0, 0.05) is 35.6 Å². The summed E-state index contributed by atoms with van der Waals surface area (Å²) in [5.41, 5.74) is 8.49. The van der Waals surface area contributed by atoms with Crippen LogP contribution >= 0.6 is 11.6 Å². The lowest BCUT2D eigenvalue weighted by Crippen LogP contribution is -2.46. The first-order chi connectivity index (χ1) is 15.9. The first-order valence-electron chi connectivity index (χ1n) is 10.2. The van der Waals surface area contributed by atoms with Crippen molar-refractivity contribution < 1.29 is 19.1 Å². The summed E-state index contributed by atoms with van der Waals surface area (Å²) in [6, 6.07) is 14.1. The number of nitrogens with one attached hydrogen (secondary N) is 1. The van der Waals surface area contributed by atoms with E-state index in [-0.39, 0.29) is 36.0 Å². The second kappa shape index (κ2) is 9.30. The predicted molar refractivity (Wildman–Crippen MR) is 124 cm³/mol. The number of carbonyl (C=O) groups is 3. The Hall–Kier alpha value is -3.91. The summed E-state index contributed by atoms with van der Waals surface area (Å²) in [5, 5.41) is 3.23. The van der Waals surface area contributed by atoms with Crippen LogP contribution in [-0.4, -0.2) is 40.8 Å². The Balaban J connectivity index is 1.73. The number of benzene rings is 2. The van der Waals surface area contributed by atoms with Crippen molar-refractivity contribution in [3.63, 3.8) is 0 Å². The van der Waals surface area contributed by atoms with E-state index in [1.807, 2.05) is 6.07 Å². The number of nitrogen functional groups attached to an aromatic ring is 1. The molecule has 0 radical (unpaired) electrons. The van der Waals surface area contributed by atoms with Crippen molar-refractivity contribution in [1.29, 1.82) is 0 Å². The van der Waals surface area contributed by atoms with Gasteiger partial charge in [0.05, 0.1) is 23.9 Å². The lowest BCUT2D eigenvalue weighted by molar-refractivity contribution is -0.120. The van der Waals surface area contributed by atoms with Crippen LogP contribution in [0.5, 0.6) is 0 Å². The van der Waals surface area contributed by atoms with Crippen molar-refractivity contribution in [3.8, 4) is 0 Å². The lowest BCUT2D eigenvalue weighted by atomic mass is 10.0. The minimum atomic E-state index is -0.833. The molecule has 4 rings (SSSR count). The molecule has 0 unspecified atom stereocenters. The number of ether oxygens (including phenoxy) is 1. The minimum absolute atomic E-state index is 0.0947. The maximum absolute atomic E-state index is 13.6. The summed E-state index contributed by atoms with van der Waals surface area (Å²) in [6.07, 6.45) is 1.85. The minimum Gasteiger partial charge on any atom is -0.465 e. The van der Waals surface area contributed by atoms with Crippen LogP contribution in [-0.2, 0) is 22.5 Å². The highest BCUT2D eigenvalue weighted by Crippen LogP contribution is 2.29. The molecule has 9 heteroatoms. The van der Waals surface area contributed by atoms with E-state index in [9.17, 15) is 14.4 Å². The average molecular weight is 465 g/mol. The fraction of sp³-hybridized carbons (Fsp3) is 0.167. The number of carbonyl (C=O) groups excluding carboxylic acids is 3. The molecule has 33 heavy (non-hydrogen) atoms. The highest BCUT2D eigenvalue weighted by Gasteiger charge is 2.36. The third-order valence-corrected chi connectivity index (χ3v) is 5.65. The summed E-state index contributed by atoms with van der Waals surface area (Å²) in [6.45, 7) is 0.0947. The number of pyridine rings is 1. The summed E-state index contributed by atoms with van der Waals surface area (Å²) in [4.78, 5) is 44.4. The van der Waals surface area contributed by atoms with E-state index < -0.39 is 12.0 Å². The number of rotatable bonds is 5. The van der Waals surface area contributed by atoms with Gasteiger partial charge in [-0.1, -0.05) is 23.7 Å². The standard InChI is InChI=1S/C24H21ClN4O4/c1-33-24(32)17-7-5-14(10-19(17)26)13-29-21(12-16-4-2-3-9-27-16)22(30)28-20-11-15(25)6-8-18(20)23(29)31/h2-11,21H,12-13,26H2,1H3,(H,28,30)/t21-/m1/s1. The van der Waals surface area contributed by atoms with E-state index in [1.165, 1.54) is 12.0 Å². The molecule has 8 nitrogen and oxygen atoms in total. The fourth-order valence-electron chi connectivity index (χ4n) is 3.77. The van der Waals surface area contributed by atoms with Crippen LogP contribution in [0.3, 0.4) is 0 Å². The molecule has 2 aromatic carbocycles. The Bertz CT molecular complexity index is 1230. The lowest BCUT2D eigenvalue weighted by Gasteiger charge is -2.29. The molecule has 1 atom stereocenters. The van der Waals surface area contributed by atoms with E-state index in [4.69, 9.17) is 22.1 Å². The summed E-state index contributed by atoms with van der Waals surface area (Å²) in [7, 11) is 1.27. The molecule has 2 amide bonds. The second-order valence-corrected chi connectivity index (χ2v) is 8.00. The van der Waals surface area contributed by atoms with Gasteiger partial charge in [-0.3, -0.25) is 14.6 Å². The molecular formula is C24H21ClN4O4. The Morgan fingerprint density at radius 1 is 1.18 bits per heavy atom. The molecule has 0 spiro atoms. The maximum atomic E-state index is 13.6. The number of nitrogens with zero attached hydrogens (tertiary/aromatic N) is 2. The molecule has 3 N–H and O–H groups in total. The van der Waals surface area contributed by atoms with Crippen LogP contribution in [0.1, 0.15) is 32.0 Å². The quantitative estimate of drug-likeness (QED) is 0.442. The number of esters is 1. The zero-order valence-electron chi connectivity index (χ0n) is 17.7. The topological polar surface area (TPSA) is 115 Å². The Kier molecular flexibility index (Phi) is 6.28. The maximum Gasteiger partial charge on any atom is 0.339 e. The molecule has 0 bridgehead atoms. The highest BCUT2D eigenvalue weighted by molar-refractivity contribution is 6.31. The number of halogens is 1. The van der Waals surface area contributed by atoms with Crippen molar-refractivity contribution in [1.82, 2.24) is 9.88 Å². The Morgan fingerprint density at radius 2 is 2.00 bits per heavy atom. The van der Waals surface area contributed by atoms with Crippen LogP contribution in [0.15, 0.2) is 60.8 Å². The van der Waals surface area contributed by atoms with Crippen molar-refractivity contribution in [2.75, 3.05) is 18.2 Å². The number of hydrogen-bond donors (Lipinski definition) is 2. The SMILES string of the molecule is COC(=O)c1ccc(CN2C(=O)c3ccc(Cl)cc3NC(=O)[C@H]2Cc2ccccn2)cc1N. The normalized spacial score (nSPS) is 15.5. The van der Waals surface area contributed by atoms with Gasteiger partial charge < -0.3 is 20.7 Å². The van der Waals surface area contributed by atoms with E-state index in [0.29, 0.717) is 27.5 Å². The third kappa shape index (κ3) is 4.65. The van der Waals surface area contributed by atoms with E-state index in [2.05, 4.69) is 10.3 Å². The van der Waals surface area contributed by atoms with Crippen LogP contribution < -0.4 is 11.1 Å². The molecule has 168 valence electrons. The number of anilines is 2. The molecular weight excluding hydrogens is 444 g/mol. The van der Waals surface area contributed by atoms with Crippen molar-refractivity contribution in [2.45, 2.75) is 19.0 Å². The number of hydrogen-bond acceptors (Lipinski definition) is 6. The third-order valence-electron chi connectivity index (χ3n) is 5.41. The van der Waals surface area contributed by atoms with Crippen LogP contribution in [0.25, 0.3) is 0 Å². The second-order valence-electron chi connectivity index (χ2n) is 7.57. The van der Waals surface area contributed by atoms with Gasteiger partial charge in [0.2, 0.25) is 5.91 Å². The molecule has 2 heterocycles. The van der Waals surface area contributed by atoms with Gasteiger partial charge in [0.25, 0.3) is 5.91 Å². The molecule has 0 saturated heterocycles. The molecule has 1 aliphatic rings. The first kappa shape index (κ1) is 22.3. The van der Waals surface area contributed by atoms with Crippen LogP contribution in [0.2, 0.25) is 5.02 Å². The van der Waals surface area contributed by atoms with Crippen molar-refractivity contribution in [3.05, 3.63) is 88.2 Å². The number of nitrogens with two attached hydrogens (primary N) is 1. The molecule has 3 aromatic rings. The molecule has 1 aliphatic heterocycles. The average Bonchev–Trinajstić information content (AvgIpc) is 2.89. The van der Waals surface area contributed by atoms with Crippen molar-refractivity contribution in [2.24, 2.45) is 0 Å². The summed E-state index contributed by atoms with van der Waals surface area (Å²) < 4.78 is 4.73. The van der Waals surface area contributed by atoms with Gasteiger partial charge in [-0.05, 0) is 48.0 Å². The number of amides is 2. The number of aromatic nitrogens is 1. The largest absolute Gasteiger partial charge is 0.465 e. The van der Waals surface area contributed by atoms with Gasteiger partial charge in [-0.15, -0.1) is 0 Å². The van der Waals surface area contributed by atoms with Gasteiger partial charge >= 0.3 is 5.97 Å².